The summed E-state index contributed by atoms with van der Waals surface area (Å²) >= 11 is 0. The fourth-order valence-electron chi connectivity index (χ4n) is 2.24. The van der Waals surface area contributed by atoms with E-state index in [4.69, 9.17) is 5.11 Å². The minimum absolute atomic E-state index is 0.125. The maximum Gasteiger partial charge on any atom is 0.335 e. The van der Waals surface area contributed by atoms with Gasteiger partial charge in [0, 0.05) is 24.4 Å². The molecule has 0 atom stereocenters. The average molecular weight is 283 g/mol. The fraction of sp³-hybridized carbons (Fsp3) is 0.429. The van der Waals surface area contributed by atoms with Crippen molar-refractivity contribution in [3.05, 3.63) is 29.8 Å². The van der Waals surface area contributed by atoms with Crippen LogP contribution in [0.3, 0.4) is 0 Å². The Balaban J connectivity index is 1.93. The van der Waals surface area contributed by atoms with E-state index in [0.717, 1.165) is 0 Å². The van der Waals surface area contributed by atoms with Gasteiger partial charge in [-0.2, -0.15) is 0 Å². The van der Waals surface area contributed by atoms with Crippen LogP contribution in [0.15, 0.2) is 24.3 Å². The van der Waals surface area contributed by atoms with Gasteiger partial charge in [0.15, 0.2) is 0 Å². The minimum Gasteiger partial charge on any atom is -0.478 e. The molecule has 0 bridgehead atoms. The van der Waals surface area contributed by atoms with Gasteiger partial charge < -0.3 is 10.4 Å². The lowest BCUT2D eigenvalue weighted by molar-refractivity contribution is -0.124. The highest BCUT2D eigenvalue weighted by Crippen LogP contribution is 2.36. The second-order valence-corrected chi connectivity index (χ2v) is 5.00. The zero-order valence-electron chi connectivity index (χ0n) is 10.7. The quantitative estimate of drug-likeness (QED) is 0.895. The van der Waals surface area contributed by atoms with E-state index in [1.165, 1.54) is 24.3 Å². The van der Waals surface area contributed by atoms with Gasteiger partial charge >= 0.3 is 5.97 Å². The SMILES string of the molecule is O=C(O)c1ccc(NC(=O)C2CCC(F)(F)CC2)cc1. The van der Waals surface area contributed by atoms with Crippen molar-refractivity contribution in [2.45, 2.75) is 31.6 Å². The summed E-state index contributed by atoms with van der Waals surface area (Å²) in [5, 5.41) is 11.4. The topological polar surface area (TPSA) is 66.4 Å². The number of nitrogens with one attached hydrogen (secondary N) is 1. The Morgan fingerprint density at radius 3 is 2.20 bits per heavy atom. The molecule has 20 heavy (non-hydrogen) atoms. The Hall–Kier alpha value is -1.98. The largest absolute Gasteiger partial charge is 0.478 e. The van der Waals surface area contributed by atoms with Gasteiger partial charge in [-0.05, 0) is 37.1 Å². The summed E-state index contributed by atoms with van der Waals surface area (Å²) in [5.41, 5.74) is 0.595. The number of carboxylic acids is 1. The van der Waals surface area contributed by atoms with Crippen molar-refractivity contribution in [2.24, 2.45) is 5.92 Å². The second kappa shape index (κ2) is 5.56. The molecule has 2 N–H and O–H groups in total. The second-order valence-electron chi connectivity index (χ2n) is 5.00. The Morgan fingerprint density at radius 1 is 1.15 bits per heavy atom. The van der Waals surface area contributed by atoms with Gasteiger partial charge in [0.2, 0.25) is 11.8 Å². The van der Waals surface area contributed by atoms with E-state index in [1.54, 1.807) is 0 Å². The number of hydrogen-bond acceptors (Lipinski definition) is 2. The van der Waals surface area contributed by atoms with Crippen molar-refractivity contribution < 1.29 is 23.5 Å². The molecular weight excluding hydrogens is 268 g/mol. The van der Waals surface area contributed by atoms with Crippen LogP contribution in [0.25, 0.3) is 0 Å². The van der Waals surface area contributed by atoms with Gasteiger partial charge in [0.25, 0.3) is 0 Å². The number of amides is 1. The van der Waals surface area contributed by atoms with Crippen LogP contribution < -0.4 is 5.32 Å². The van der Waals surface area contributed by atoms with Crippen LogP contribution in [0, 0.1) is 5.92 Å². The van der Waals surface area contributed by atoms with Crippen LogP contribution >= 0.6 is 0 Å². The van der Waals surface area contributed by atoms with Crippen LogP contribution in [0.1, 0.15) is 36.0 Å². The van der Waals surface area contributed by atoms with Crippen LogP contribution in [0.4, 0.5) is 14.5 Å². The standard InChI is InChI=1S/C14H15F2NO3/c15-14(16)7-5-9(6-8-14)12(18)17-11-3-1-10(2-4-11)13(19)20/h1-4,9H,5-8H2,(H,17,18)(H,19,20). The zero-order chi connectivity index (χ0) is 14.8. The highest BCUT2D eigenvalue weighted by atomic mass is 19.3. The lowest BCUT2D eigenvalue weighted by Gasteiger charge is -2.27. The number of halogens is 2. The summed E-state index contributed by atoms with van der Waals surface area (Å²) in [6, 6.07) is 5.73. The van der Waals surface area contributed by atoms with Crippen LogP contribution in [0.5, 0.6) is 0 Å². The number of hydrogen-bond donors (Lipinski definition) is 2. The molecule has 1 saturated carbocycles. The molecule has 0 spiro atoms. The van der Waals surface area contributed by atoms with Crippen LogP contribution in [-0.2, 0) is 4.79 Å². The number of anilines is 1. The average Bonchev–Trinajstić information content (AvgIpc) is 2.39. The molecule has 108 valence electrons. The summed E-state index contributed by atoms with van der Waals surface area (Å²) in [5.74, 6) is -4.39. The molecule has 0 aliphatic heterocycles. The predicted molar refractivity (Wildman–Crippen MR) is 68.9 cm³/mol. The predicted octanol–water partition coefficient (Wildman–Crippen LogP) is 3.15. The monoisotopic (exact) mass is 283 g/mol. The number of rotatable bonds is 3. The van der Waals surface area contributed by atoms with E-state index >= 15 is 0 Å². The summed E-state index contributed by atoms with van der Waals surface area (Å²) in [6.45, 7) is 0. The molecule has 1 aliphatic rings. The van der Waals surface area contributed by atoms with Crippen LogP contribution in [0.2, 0.25) is 0 Å². The van der Waals surface area contributed by atoms with Crippen molar-refractivity contribution in [1.82, 2.24) is 0 Å². The van der Waals surface area contributed by atoms with Crippen molar-refractivity contribution in [1.29, 1.82) is 0 Å². The fourth-order valence-corrected chi connectivity index (χ4v) is 2.24. The molecule has 1 aliphatic carbocycles. The first kappa shape index (κ1) is 14.4. The Labute approximate surface area is 114 Å². The van der Waals surface area contributed by atoms with E-state index in [1.807, 2.05) is 0 Å². The number of carbonyl (C=O) groups excluding carboxylic acids is 1. The van der Waals surface area contributed by atoms with Gasteiger partial charge in [0.05, 0.1) is 5.56 Å². The molecule has 4 nitrogen and oxygen atoms in total. The van der Waals surface area contributed by atoms with Crippen molar-refractivity contribution in [2.75, 3.05) is 5.32 Å². The summed E-state index contributed by atoms with van der Waals surface area (Å²) in [4.78, 5) is 22.6. The molecule has 0 aromatic heterocycles. The Morgan fingerprint density at radius 2 is 1.70 bits per heavy atom. The van der Waals surface area contributed by atoms with E-state index in [-0.39, 0.29) is 37.2 Å². The smallest absolute Gasteiger partial charge is 0.335 e. The first-order chi connectivity index (χ1) is 9.37. The van der Waals surface area contributed by atoms with E-state index < -0.39 is 17.8 Å². The molecule has 1 aromatic carbocycles. The third kappa shape index (κ3) is 3.53. The summed E-state index contributed by atoms with van der Waals surface area (Å²) < 4.78 is 26.0. The molecule has 1 amide bonds. The van der Waals surface area contributed by atoms with Gasteiger partial charge in [-0.25, -0.2) is 13.6 Å². The number of carboxylic acid groups (broad SMARTS) is 1. The maximum atomic E-state index is 13.0. The highest BCUT2D eigenvalue weighted by Gasteiger charge is 2.37. The summed E-state index contributed by atoms with van der Waals surface area (Å²) in [6.07, 6.45) is -0.176. The highest BCUT2D eigenvalue weighted by molar-refractivity contribution is 5.93. The zero-order valence-corrected chi connectivity index (χ0v) is 10.7. The number of aromatic carboxylic acids is 1. The first-order valence-corrected chi connectivity index (χ1v) is 6.39. The number of carbonyl (C=O) groups is 2. The van der Waals surface area contributed by atoms with Gasteiger partial charge in [-0.3, -0.25) is 4.79 Å². The van der Waals surface area contributed by atoms with Crippen LogP contribution in [-0.4, -0.2) is 22.9 Å². The molecule has 0 unspecified atom stereocenters. The minimum atomic E-state index is -2.65. The van der Waals surface area contributed by atoms with Gasteiger partial charge in [-0.1, -0.05) is 0 Å². The molecule has 2 rings (SSSR count). The van der Waals surface area contributed by atoms with E-state index in [0.29, 0.717) is 5.69 Å². The van der Waals surface area contributed by atoms with E-state index in [9.17, 15) is 18.4 Å². The number of benzene rings is 1. The molecule has 1 fully saturated rings. The molecular formula is C14H15F2NO3. The third-order valence-electron chi connectivity index (χ3n) is 3.49. The van der Waals surface area contributed by atoms with Crippen molar-refractivity contribution in [3.8, 4) is 0 Å². The maximum absolute atomic E-state index is 13.0. The van der Waals surface area contributed by atoms with Crippen molar-refractivity contribution in [3.63, 3.8) is 0 Å². The molecule has 0 heterocycles. The van der Waals surface area contributed by atoms with E-state index in [2.05, 4.69) is 5.32 Å². The third-order valence-corrected chi connectivity index (χ3v) is 3.49. The molecule has 0 saturated heterocycles. The molecule has 0 radical (unpaired) electrons. The lowest BCUT2D eigenvalue weighted by Crippen LogP contribution is -2.31. The van der Waals surface area contributed by atoms with Crippen molar-refractivity contribution >= 4 is 17.6 Å². The molecule has 1 aromatic rings. The van der Waals surface area contributed by atoms with Gasteiger partial charge in [-0.15, -0.1) is 0 Å². The first-order valence-electron chi connectivity index (χ1n) is 6.39. The number of alkyl halides is 2. The summed E-state index contributed by atoms with van der Waals surface area (Å²) in [7, 11) is 0. The normalized spacial score (nSPS) is 18.5. The Kier molecular flexibility index (Phi) is 4.01. The lowest BCUT2D eigenvalue weighted by atomic mass is 9.86. The van der Waals surface area contributed by atoms with Gasteiger partial charge in [0.1, 0.15) is 0 Å². The molecule has 6 heteroatoms. The Bertz CT molecular complexity index is 504.